The van der Waals surface area contributed by atoms with Crippen LogP contribution in [0.4, 0.5) is 14.5 Å². The third-order valence-corrected chi connectivity index (χ3v) is 3.93. The smallest absolute Gasteiger partial charge is 0.239 e. The lowest BCUT2D eigenvalue weighted by molar-refractivity contribution is -0.113. The van der Waals surface area contributed by atoms with E-state index in [9.17, 15) is 17.8 Å². The summed E-state index contributed by atoms with van der Waals surface area (Å²) < 4.78 is 42.7. The highest BCUT2D eigenvalue weighted by atomic mass is 32.2. The first-order chi connectivity index (χ1) is 10.8. The van der Waals surface area contributed by atoms with Gasteiger partial charge in [-0.2, -0.15) is 4.98 Å². The van der Waals surface area contributed by atoms with Crippen LogP contribution in [0.2, 0.25) is 0 Å². The minimum absolute atomic E-state index is 0.0507. The highest BCUT2D eigenvalue weighted by Gasteiger charge is 2.15. The van der Waals surface area contributed by atoms with Crippen molar-refractivity contribution >= 4 is 22.4 Å². The molecule has 23 heavy (non-hydrogen) atoms. The molecule has 0 aliphatic carbocycles. The molecule has 0 unspecified atom stereocenters. The van der Waals surface area contributed by atoms with Gasteiger partial charge in [-0.3, -0.25) is 9.00 Å². The van der Waals surface area contributed by atoms with Crippen LogP contribution in [0.1, 0.15) is 31.5 Å². The zero-order chi connectivity index (χ0) is 17.0. The molecule has 0 spiro atoms. The Morgan fingerprint density at radius 2 is 2.09 bits per heavy atom. The highest BCUT2D eigenvalue weighted by Crippen LogP contribution is 2.13. The van der Waals surface area contributed by atoms with Crippen LogP contribution >= 0.6 is 0 Å². The predicted molar refractivity (Wildman–Crippen MR) is 80.1 cm³/mol. The van der Waals surface area contributed by atoms with E-state index in [1.54, 1.807) is 0 Å². The fourth-order valence-electron chi connectivity index (χ4n) is 1.67. The van der Waals surface area contributed by atoms with E-state index in [0.717, 1.165) is 12.1 Å². The molecule has 2 aromatic rings. The third-order valence-electron chi connectivity index (χ3n) is 2.78. The van der Waals surface area contributed by atoms with Crippen LogP contribution < -0.4 is 5.32 Å². The average Bonchev–Trinajstić information content (AvgIpc) is 2.91. The van der Waals surface area contributed by atoms with Crippen molar-refractivity contribution in [3.63, 3.8) is 0 Å². The van der Waals surface area contributed by atoms with Crippen LogP contribution in [0.15, 0.2) is 22.7 Å². The number of amides is 1. The maximum atomic E-state index is 13.0. The van der Waals surface area contributed by atoms with Gasteiger partial charge in [-0.15, -0.1) is 0 Å². The van der Waals surface area contributed by atoms with Crippen molar-refractivity contribution in [2.45, 2.75) is 25.5 Å². The molecule has 2 rings (SSSR count). The Kier molecular flexibility index (Phi) is 5.54. The maximum absolute atomic E-state index is 13.0. The summed E-state index contributed by atoms with van der Waals surface area (Å²) in [6.45, 7) is 3.78. The monoisotopic (exact) mass is 343 g/mol. The first-order valence-electron chi connectivity index (χ1n) is 6.77. The molecule has 1 heterocycles. The summed E-state index contributed by atoms with van der Waals surface area (Å²) in [5, 5.41) is 6.08. The van der Waals surface area contributed by atoms with Crippen LogP contribution in [0, 0.1) is 11.6 Å². The van der Waals surface area contributed by atoms with Crippen LogP contribution in [0.3, 0.4) is 0 Å². The zero-order valence-corrected chi connectivity index (χ0v) is 13.3. The van der Waals surface area contributed by atoms with Crippen molar-refractivity contribution in [1.82, 2.24) is 10.1 Å². The van der Waals surface area contributed by atoms with Gasteiger partial charge in [0.25, 0.3) is 0 Å². The quantitative estimate of drug-likeness (QED) is 0.870. The highest BCUT2D eigenvalue weighted by molar-refractivity contribution is 7.84. The second-order valence-corrected chi connectivity index (χ2v) is 6.56. The summed E-state index contributed by atoms with van der Waals surface area (Å²) >= 11 is 0. The summed E-state index contributed by atoms with van der Waals surface area (Å²) in [6.07, 6.45) is 0. The molecule has 124 valence electrons. The normalized spacial score (nSPS) is 12.4. The number of carbonyl (C=O) groups is 1. The van der Waals surface area contributed by atoms with Gasteiger partial charge in [0.2, 0.25) is 11.8 Å². The number of aromatic nitrogens is 2. The molecule has 1 aromatic carbocycles. The second kappa shape index (κ2) is 7.40. The molecule has 0 aliphatic rings. The van der Waals surface area contributed by atoms with Gasteiger partial charge in [-0.25, -0.2) is 8.78 Å². The number of hydrogen-bond acceptors (Lipinski definition) is 5. The van der Waals surface area contributed by atoms with Crippen molar-refractivity contribution < 1.29 is 22.3 Å². The molecule has 9 heteroatoms. The Hall–Kier alpha value is -2.16. The predicted octanol–water partition coefficient (Wildman–Crippen LogP) is 2.36. The van der Waals surface area contributed by atoms with Gasteiger partial charge in [0.1, 0.15) is 11.5 Å². The van der Waals surface area contributed by atoms with E-state index >= 15 is 0 Å². The van der Waals surface area contributed by atoms with Crippen LogP contribution in [-0.4, -0.2) is 26.0 Å². The third kappa shape index (κ3) is 4.92. The molecule has 0 fully saturated rings. The van der Waals surface area contributed by atoms with Crippen molar-refractivity contribution in [2.75, 3.05) is 11.1 Å². The van der Waals surface area contributed by atoms with E-state index in [1.165, 1.54) is 6.07 Å². The molecule has 0 aliphatic heterocycles. The van der Waals surface area contributed by atoms with Gasteiger partial charge < -0.3 is 9.84 Å². The van der Waals surface area contributed by atoms with Gasteiger partial charge >= 0.3 is 0 Å². The number of halogens is 2. The van der Waals surface area contributed by atoms with Crippen molar-refractivity contribution in [3.8, 4) is 0 Å². The molecule has 6 nitrogen and oxygen atoms in total. The molecule has 0 saturated heterocycles. The van der Waals surface area contributed by atoms with Gasteiger partial charge in [0, 0.05) is 28.5 Å². The fourth-order valence-corrected chi connectivity index (χ4v) is 2.53. The molecular formula is C14H15F2N3O3S. The van der Waals surface area contributed by atoms with E-state index < -0.39 is 28.3 Å². The van der Waals surface area contributed by atoms with Crippen molar-refractivity contribution in [3.05, 3.63) is 41.5 Å². The largest absolute Gasteiger partial charge is 0.338 e. The summed E-state index contributed by atoms with van der Waals surface area (Å²) in [5.74, 6) is -2.27. The molecule has 0 radical (unpaired) electrons. The minimum atomic E-state index is -1.56. The second-order valence-electron chi connectivity index (χ2n) is 5.11. The van der Waals surface area contributed by atoms with Crippen molar-refractivity contribution in [2.24, 2.45) is 0 Å². The molecule has 1 amide bonds. The molecule has 0 saturated carbocycles. The van der Waals surface area contributed by atoms with Crippen molar-refractivity contribution in [1.29, 1.82) is 0 Å². The number of hydrogen-bond donors (Lipinski definition) is 1. The standard InChI is InChI=1S/C14H15F2N3O3S/c1-8(2)14-18-13(22-19-14)7-23(21)6-12(20)17-9-3-4-10(15)11(16)5-9/h3-5,8H,6-7H2,1-2H3,(H,17,20)/t23-/m1/s1. The minimum Gasteiger partial charge on any atom is -0.338 e. The lowest BCUT2D eigenvalue weighted by Crippen LogP contribution is -2.20. The van der Waals surface area contributed by atoms with E-state index in [0.29, 0.717) is 5.82 Å². The first-order valence-corrected chi connectivity index (χ1v) is 8.26. The summed E-state index contributed by atoms with van der Waals surface area (Å²) in [6, 6.07) is 2.96. The Morgan fingerprint density at radius 3 is 2.70 bits per heavy atom. The molecular weight excluding hydrogens is 328 g/mol. The zero-order valence-electron chi connectivity index (χ0n) is 12.5. The number of carbonyl (C=O) groups excluding carboxylic acids is 1. The fraction of sp³-hybridized carbons (Fsp3) is 0.357. The van der Waals surface area contributed by atoms with Gasteiger partial charge in [-0.1, -0.05) is 19.0 Å². The number of rotatable bonds is 6. The van der Waals surface area contributed by atoms with Crippen LogP contribution in [0.25, 0.3) is 0 Å². The van der Waals surface area contributed by atoms with Gasteiger partial charge in [-0.05, 0) is 12.1 Å². The lowest BCUT2D eigenvalue weighted by atomic mass is 10.2. The number of nitrogens with zero attached hydrogens (tertiary/aromatic N) is 2. The van der Waals surface area contributed by atoms with Gasteiger partial charge in [0.15, 0.2) is 17.5 Å². The average molecular weight is 343 g/mol. The Labute approximate surface area is 133 Å². The number of anilines is 1. The molecule has 1 N–H and O–H groups in total. The van der Waals surface area contributed by atoms with Gasteiger partial charge in [0.05, 0.1) is 0 Å². The van der Waals surface area contributed by atoms with Crippen LogP contribution in [-0.2, 0) is 21.3 Å². The van der Waals surface area contributed by atoms with E-state index in [4.69, 9.17) is 4.52 Å². The SMILES string of the molecule is CC(C)c1noc(C[S@](=O)CC(=O)Nc2ccc(F)c(F)c2)n1. The lowest BCUT2D eigenvalue weighted by Gasteiger charge is -2.05. The summed E-state index contributed by atoms with van der Waals surface area (Å²) in [4.78, 5) is 15.8. The molecule has 0 bridgehead atoms. The van der Waals surface area contributed by atoms with E-state index in [-0.39, 0.29) is 29.0 Å². The molecule has 1 atom stereocenters. The molecule has 1 aromatic heterocycles. The number of nitrogens with one attached hydrogen (secondary N) is 1. The van der Waals surface area contributed by atoms with E-state index in [2.05, 4.69) is 15.5 Å². The number of benzene rings is 1. The summed E-state index contributed by atoms with van der Waals surface area (Å²) in [5.41, 5.74) is 0.0887. The summed E-state index contributed by atoms with van der Waals surface area (Å²) in [7, 11) is -1.56. The Bertz CT molecular complexity index is 734. The first kappa shape index (κ1) is 17.2. The Morgan fingerprint density at radius 1 is 1.35 bits per heavy atom. The van der Waals surface area contributed by atoms with E-state index in [1.807, 2.05) is 13.8 Å². The topological polar surface area (TPSA) is 85.1 Å². The Balaban J connectivity index is 1.88. The maximum Gasteiger partial charge on any atom is 0.239 e. The van der Waals surface area contributed by atoms with Crippen LogP contribution in [0.5, 0.6) is 0 Å².